The first-order chi connectivity index (χ1) is 12.2. The molecular weight excluding hydrogens is 316 g/mol. The van der Waals surface area contributed by atoms with Crippen LogP contribution in [0.4, 0.5) is 0 Å². The molecular formula is C19H20N4O2. The number of aromatic nitrogens is 3. The summed E-state index contributed by atoms with van der Waals surface area (Å²) in [6.07, 6.45) is 4.32. The Morgan fingerprint density at radius 1 is 1.32 bits per heavy atom. The van der Waals surface area contributed by atoms with Crippen molar-refractivity contribution in [1.82, 2.24) is 19.4 Å². The summed E-state index contributed by atoms with van der Waals surface area (Å²) in [6, 6.07) is 9.50. The van der Waals surface area contributed by atoms with Crippen molar-refractivity contribution in [3.63, 3.8) is 0 Å². The smallest absolute Gasteiger partial charge is 0.254 e. The van der Waals surface area contributed by atoms with Gasteiger partial charge < -0.3 is 14.2 Å². The van der Waals surface area contributed by atoms with Crippen LogP contribution in [-0.2, 0) is 24.8 Å². The highest BCUT2D eigenvalue weighted by atomic mass is 16.5. The number of hydrogen-bond acceptors (Lipinski definition) is 4. The maximum absolute atomic E-state index is 13.2. The highest BCUT2D eigenvalue weighted by Crippen LogP contribution is 2.25. The molecule has 2 aromatic heterocycles. The summed E-state index contributed by atoms with van der Waals surface area (Å²) in [5.41, 5.74) is 3.69. The van der Waals surface area contributed by atoms with Gasteiger partial charge in [-0.1, -0.05) is 6.07 Å². The van der Waals surface area contributed by atoms with Crippen molar-refractivity contribution in [2.75, 3.05) is 13.7 Å². The van der Waals surface area contributed by atoms with E-state index in [4.69, 9.17) is 4.74 Å². The van der Waals surface area contributed by atoms with Crippen LogP contribution >= 0.6 is 0 Å². The van der Waals surface area contributed by atoms with Crippen LogP contribution in [0, 0.1) is 0 Å². The third-order valence-electron chi connectivity index (χ3n) is 4.81. The number of aryl methyl sites for hydroxylation is 1. The van der Waals surface area contributed by atoms with E-state index in [2.05, 4.69) is 9.97 Å². The van der Waals surface area contributed by atoms with Crippen LogP contribution in [-0.4, -0.2) is 45.1 Å². The summed E-state index contributed by atoms with van der Waals surface area (Å²) in [5.74, 6) is 0.00380. The maximum Gasteiger partial charge on any atom is 0.254 e. The Morgan fingerprint density at radius 2 is 2.20 bits per heavy atom. The van der Waals surface area contributed by atoms with Crippen molar-refractivity contribution in [3.8, 4) is 0 Å². The molecule has 0 saturated carbocycles. The van der Waals surface area contributed by atoms with E-state index < -0.39 is 0 Å². The molecule has 3 heterocycles. The summed E-state index contributed by atoms with van der Waals surface area (Å²) in [7, 11) is 3.66. The third kappa shape index (κ3) is 2.78. The van der Waals surface area contributed by atoms with Gasteiger partial charge >= 0.3 is 0 Å². The number of amides is 1. The van der Waals surface area contributed by atoms with Crippen molar-refractivity contribution in [3.05, 3.63) is 59.8 Å². The number of carbonyl (C=O) groups is 1. The summed E-state index contributed by atoms with van der Waals surface area (Å²) < 4.78 is 7.40. The minimum absolute atomic E-state index is 0.00380. The van der Waals surface area contributed by atoms with Crippen molar-refractivity contribution >= 4 is 16.8 Å². The fourth-order valence-electron chi connectivity index (χ4n) is 3.48. The molecule has 0 bridgehead atoms. The molecule has 128 valence electrons. The Morgan fingerprint density at radius 3 is 3.04 bits per heavy atom. The zero-order valence-corrected chi connectivity index (χ0v) is 14.3. The van der Waals surface area contributed by atoms with Crippen LogP contribution in [0.3, 0.4) is 0 Å². The molecule has 1 atom stereocenters. The summed E-state index contributed by atoms with van der Waals surface area (Å²) >= 11 is 0. The average molecular weight is 336 g/mol. The van der Waals surface area contributed by atoms with Gasteiger partial charge in [-0.3, -0.25) is 9.78 Å². The lowest BCUT2D eigenvalue weighted by Crippen LogP contribution is -2.47. The molecule has 3 aromatic rings. The Labute approximate surface area is 146 Å². The number of rotatable bonds is 3. The van der Waals surface area contributed by atoms with E-state index in [1.54, 1.807) is 13.3 Å². The fourth-order valence-corrected chi connectivity index (χ4v) is 3.48. The number of carbonyl (C=O) groups excluding carboxylic acids is 1. The Balaban J connectivity index is 1.68. The van der Waals surface area contributed by atoms with E-state index >= 15 is 0 Å². The van der Waals surface area contributed by atoms with Crippen LogP contribution in [0.15, 0.2) is 42.9 Å². The second kappa shape index (κ2) is 6.29. The number of imidazole rings is 1. The monoisotopic (exact) mass is 336 g/mol. The first kappa shape index (κ1) is 15.8. The van der Waals surface area contributed by atoms with Gasteiger partial charge in [-0.25, -0.2) is 4.98 Å². The molecule has 0 N–H and O–H groups in total. The molecule has 0 aliphatic carbocycles. The molecule has 6 nitrogen and oxygen atoms in total. The number of methoxy groups -OCH3 is 1. The lowest BCUT2D eigenvalue weighted by atomic mass is 10.0. The zero-order valence-electron chi connectivity index (χ0n) is 14.3. The number of fused-ring (bicyclic) bond motifs is 2. The molecule has 0 radical (unpaired) electrons. The van der Waals surface area contributed by atoms with Crippen LogP contribution in [0.1, 0.15) is 21.7 Å². The average Bonchev–Trinajstić information content (AvgIpc) is 3.00. The van der Waals surface area contributed by atoms with E-state index in [-0.39, 0.29) is 11.9 Å². The molecule has 0 spiro atoms. The molecule has 1 aromatic carbocycles. The SMILES string of the molecule is COC[C@@H]1Cc2c(ncn2C)CN1C(=O)c1ccc2ncccc2c1. The minimum atomic E-state index is 0.00380. The standard InChI is InChI=1S/C19H20N4O2/c1-22-12-21-17-10-23(15(11-25-2)9-18(17)22)19(24)14-5-6-16-13(8-14)4-3-7-20-16/h3-8,12,15H,9-11H2,1-2H3/t15-/m0/s1. The molecule has 25 heavy (non-hydrogen) atoms. The van der Waals surface area contributed by atoms with Gasteiger partial charge in [0.25, 0.3) is 5.91 Å². The predicted molar refractivity (Wildman–Crippen MR) is 94.2 cm³/mol. The highest BCUT2D eigenvalue weighted by molar-refractivity contribution is 5.98. The van der Waals surface area contributed by atoms with E-state index in [1.165, 1.54) is 5.69 Å². The number of pyridine rings is 1. The van der Waals surface area contributed by atoms with E-state index in [1.807, 2.05) is 53.2 Å². The zero-order chi connectivity index (χ0) is 17.4. The van der Waals surface area contributed by atoms with E-state index in [0.717, 1.165) is 23.0 Å². The first-order valence-corrected chi connectivity index (χ1v) is 8.31. The van der Waals surface area contributed by atoms with Crippen LogP contribution in [0.25, 0.3) is 10.9 Å². The molecule has 0 fully saturated rings. The summed E-state index contributed by atoms with van der Waals surface area (Å²) in [6.45, 7) is 1.01. The van der Waals surface area contributed by atoms with Gasteiger partial charge in [0, 0.05) is 43.4 Å². The lowest BCUT2D eigenvalue weighted by molar-refractivity contribution is 0.0468. The second-order valence-electron chi connectivity index (χ2n) is 6.41. The molecule has 1 aliphatic heterocycles. The summed E-state index contributed by atoms with van der Waals surface area (Å²) in [4.78, 5) is 23.8. The maximum atomic E-state index is 13.2. The topological polar surface area (TPSA) is 60.2 Å². The predicted octanol–water partition coefficient (Wildman–Crippen LogP) is 2.18. The molecule has 1 aliphatic rings. The number of hydrogen-bond donors (Lipinski definition) is 0. The lowest BCUT2D eigenvalue weighted by Gasteiger charge is -2.35. The fraction of sp³-hybridized carbons (Fsp3) is 0.316. The van der Waals surface area contributed by atoms with E-state index in [9.17, 15) is 4.79 Å². The van der Waals surface area contributed by atoms with Crippen molar-refractivity contribution in [1.29, 1.82) is 0 Å². The van der Waals surface area contributed by atoms with Gasteiger partial charge in [0.1, 0.15) is 0 Å². The highest BCUT2D eigenvalue weighted by Gasteiger charge is 2.32. The van der Waals surface area contributed by atoms with E-state index in [0.29, 0.717) is 18.7 Å². The second-order valence-corrected chi connectivity index (χ2v) is 6.41. The van der Waals surface area contributed by atoms with Crippen molar-refractivity contribution in [2.24, 2.45) is 7.05 Å². The minimum Gasteiger partial charge on any atom is -0.383 e. The van der Waals surface area contributed by atoms with Crippen LogP contribution in [0.2, 0.25) is 0 Å². The quantitative estimate of drug-likeness (QED) is 0.735. The van der Waals surface area contributed by atoms with Crippen LogP contribution in [0.5, 0.6) is 0 Å². The van der Waals surface area contributed by atoms with Gasteiger partial charge in [0.15, 0.2) is 0 Å². The first-order valence-electron chi connectivity index (χ1n) is 8.31. The van der Waals surface area contributed by atoms with Crippen molar-refractivity contribution < 1.29 is 9.53 Å². The normalized spacial score (nSPS) is 16.9. The largest absolute Gasteiger partial charge is 0.383 e. The van der Waals surface area contributed by atoms with Gasteiger partial charge in [0.05, 0.1) is 36.7 Å². The Kier molecular flexibility index (Phi) is 3.97. The molecule has 0 unspecified atom stereocenters. The third-order valence-corrected chi connectivity index (χ3v) is 4.81. The number of ether oxygens (including phenoxy) is 1. The molecule has 6 heteroatoms. The number of benzene rings is 1. The summed E-state index contributed by atoms with van der Waals surface area (Å²) in [5, 5.41) is 0.965. The van der Waals surface area contributed by atoms with Gasteiger partial charge in [0.2, 0.25) is 0 Å². The Bertz CT molecular complexity index is 934. The molecule has 1 amide bonds. The molecule has 4 rings (SSSR count). The van der Waals surface area contributed by atoms with Gasteiger partial charge in [-0.15, -0.1) is 0 Å². The Hall–Kier alpha value is -2.73. The molecule has 0 saturated heterocycles. The van der Waals surface area contributed by atoms with Crippen LogP contribution < -0.4 is 0 Å². The van der Waals surface area contributed by atoms with Gasteiger partial charge in [-0.05, 0) is 24.3 Å². The number of nitrogens with zero attached hydrogens (tertiary/aromatic N) is 4. The van der Waals surface area contributed by atoms with Crippen molar-refractivity contribution in [2.45, 2.75) is 19.0 Å². The van der Waals surface area contributed by atoms with Gasteiger partial charge in [-0.2, -0.15) is 0 Å².